The molecular weight excluding hydrogens is 253 g/mol. The van der Waals surface area contributed by atoms with Crippen LogP contribution in [0.2, 0.25) is 0 Å². The number of para-hydroxylation sites is 1. The summed E-state index contributed by atoms with van der Waals surface area (Å²) in [6, 6.07) is 6.01. The summed E-state index contributed by atoms with van der Waals surface area (Å²) in [4.78, 5) is 0. The van der Waals surface area contributed by atoms with Crippen molar-refractivity contribution in [2.24, 2.45) is 5.73 Å². The molecule has 104 valence electrons. The maximum Gasteiger partial charge on any atom is 0.418 e. The van der Waals surface area contributed by atoms with Gasteiger partial charge in [-0.25, -0.2) is 0 Å². The van der Waals surface area contributed by atoms with Crippen LogP contribution >= 0.6 is 0 Å². The molecule has 1 atom stereocenters. The van der Waals surface area contributed by atoms with Crippen LogP contribution in [0.25, 0.3) is 10.9 Å². The summed E-state index contributed by atoms with van der Waals surface area (Å²) in [7, 11) is 0. The zero-order chi connectivity index (χ0) is 14.2. The van der Waals surface area contributed by atoms with Gasteiger partial charge in [0.2, 0.25) is 0 Å². The van der Waals surface area contributed by atoms with Crippen molar-refractivity contribution in [3.63, 3.8) is 0 Å². The van der Waals surface area contributed by atoms with Crippen LogP contribution in [-0.2, 0) is 19.1 Å². The van der Waals surface area contributed by atoms with E-state index < -0.39 is 11.7 Å². The molecule has 1 aromatic carbocycles. The minimum atomic E-state index is -4.34. The van der Waals surface area contributed by atoms with Crippen LogP contribution in [0.4, 0.5) is 13.2 Å². The predicted octanol–water partition coefficient (Wildman–Crippen LogP) is 3.57. The van der Waals surface area contributed by atoms with Crippen LogP contribution in [0.15, 0.2) is 24.3 Å². The number of benzene rings is 1. The van der Waals surface area contributed by atoms with Crippen molar-refractivity contribution in [3.05, 3.63) is 35.5 Å². The maximum atomic E-state index is 13.1. The molecule has 0 aliphatic heterocycles. The maximum absolute atomic E-state index is 13.1. The first-order chi connectivity index (χ1) is 8.84. The van der Waals surface area contributed by atoms with E-state index in [0.29, 0.717) is 18.4 Å². The zero-order valence-corrected chi connectivity index (χ0v) is 11.0. The van der Waals surface area contributed by atoms with Crippen LogP contribution in [-0.4, -0.2) is 10.6 Å². The van der Waals surface area contributed by atoms with Crippen LogP contribution in [0.1, 0.15) is 25.1 Å². The van der Waals surface area contributed by atoms with Crippen LogP contribution < -0.4 is 5.73 Å². The smallest absolute Gasteiger partial charge is 0.344 e. The van der Waals surface area contributed by atoms with Crippen molar-refractivity contribution in [2.75, 3.05) is 0 Å². The molecule has 1 aromatic heterocycles. The average Bonchev–Trinajstić information content (AvgIpc) is 2.63. The molecule has 2 aromatic rings. The number of aromatic nitrogens is 1. The van der Waals surface area contributed by atoms with Gasteiger partial charge in [-0.15, -0.1) is 0 Å². The lowest BCUT2D eigenvalue weighted by molar-refractivity contribution is -0.136. The molecule has 2 nitrogen and oxygen atoms in total. The topological polar surface area (TPSA) is 30.9 Å². The summed E-state index contributed by atoms with van der Waals surface area (Å²) in [6.07, 6.45) is -3.77. The highest BCUT2D eigenvalue weighted by Gasteiger charge is 2.34. The third-order valence-electron chi connectivity index (χ3n) is 3.16. The Labute approximate surface area is 110 Å². The van der Waals surface area contributed by atoms with E-state index in [9.17, 15) is 13.2 Å². The number of rotatable bonds is 3. The van der Waals surface area contributed by atoms with Gasteiger partial charge in [0.1, 0.15) is 0 Å². The molecule has 0 fully saturated rings. The fraction of sp³-hybridized carbons (Fsp3) is 0.429. The second-order valence-corrected chi connectivity index (χ2v) is 4.80. The lowest BCUT2D eigenvalue weighted by Crippen LogP contribution is -2.20. The standard InChI is InChI=1S/C14H17F3N2/c1-3-19-11(7-9(2)18)8-10-5-4-6-12(13(10)19)14(15,16)17/h4-6,8-9H,3,7,18H2,1-2H3. The summed E-state index contributed by atoms with van der Waals surface area (Å²) in [5, 5.41) is 0.618. The average molecular weight is 270 g/mol. The van der Waals surface area contributed by atoms with Crippen molar-refractivity contribution < 1.29 is 13.2 Å². The summed E-state index contributed by atoms with van der Waals surface area (Å²) in [5.41, 5.74) is 6.29. The van der Waals surface area contributed by atoms with E-state index in [1.165, 1.54) is 6.07 Å². The van der Waals surface area contributed by atoms with Gasteiger partial charge >= 0.3 is 6.18 Å². The highest BCUT2D eigenvalue weighted by molar-refractivity contribution is 5.85. The van der Waals surface area contributed by atoms with Crippen molar-refractivity contribution in [1.82, 2.24) is 4.57 Å². The van der Waals surface area contributed by atoms with E-state index in [0.717, 1.165) is 11.8 Å². The van der Waals surface area contributed by atoms with Gasteiger partial charge < -0.3 is 10.3 Å². The van der Waals surface area contributed by atoms with Gasteiger partial charge in [-0.05, 0) is 26.0 Å². The Morgan fingerprint density at radius 3 is 2.53 bits per heavy atom. The largest absolute Gasteiger partial charge is 0.418 e. The SMILES string of the molecule is CCn1c(CC(C)N)cc2cccc(C(F)(F)F)c21. The second kappa shape index (κ2) is 4.89. The summed E-state index contributed by atoms with van der Waals surface area (Å²) >= 11 is 0. The number of aryl methyl sites for hydroxylation is 1. The van der Waals surface area contributed by atoms with E-state index in [1.54, 1.807) is 16.7 Å². The van der Waals surface area contributed by atoms with E-state index in [4.69, 9.17) is 5.73 Å². The van der Waals surface area contributed by atoms with Crippen LogP contribution in [0.3, 0.4) is 0 Å². The van der Waals surface area contributed by atoms with Gasteiger partial charge in [0.15, 0.2) is 0 Å². The molecule has 1 unspecified atom stereocenters. The second-order valence-electron chi connectivity index (χ2n) is 4.80. The molecule has 0 amide bonds. The number of hydrogen-bond acceptors (Lipinski definition) is 1. The Morgan fingerprint density at radius 1 is 1.32 bits per heavy atom. The quantitative estimate of drug-likeness (QED) is 0.908. The van der Waals surface area contributed by atoms with Crippen LogP contribution in [0.5, 0.6) is 0 Å². The minimum absolute atomic E-state index is 0.0797. The molecule has 1 heterocycles. The van der Waals surface area contributed by atoms with E-state index in [-0.39, 0.29) is 11.6 Å². The van der Waals surface area contributed by atoms with Crippen molar-refractivity contribution in [1.29, 1.82) is 0 Å². The first-order valence-corrected chi connectivity index (χ1v) is 6.28. The van der Waals surface area contributed by atoms with Crippen molar-refractivity contribution in [2.45, 2.75) is 39.0 Å². The fourth-order valence-electron chi connectivity index (χ4n) is 2.47. The third-order valence-corrected chi connectivity index (χ3v) is 3.16. The number of hydrogen-bond donors (Lipinski definition) is 1. The fourth-order valence-corrected chi connectivity index (χ4v) is 2.47. The number of nitrogens with zero attached hydrogens (tertiary/aromatic N) is 1. The molecule has 0 saturated heterocycles. The highest BCUT2D eigenvalue weighted by atomic mass is 19.4. The third kappa shape index (κ3) is 2.61. The molecule has 0 aliphatic carbocycles. The number of halogens is 3. The number of fused-ring (bicyclic) bond motifs is 1. The van der Waals surface area contributed by atoms with Gasteiger partial charge in [0.05, 0.1) is 11.1 Å². The predicted molar refractivity (Wildman–Crippen MR) is 70.0 cm³/mol. The summed E-state index contributed by atoms with van der Waals surface area (Å²) < 4.78 is 40.9. The van der Waals surface area contributed by atoms with Crippen molar-refractivity contribution >= 4 is 10.9 Å². The Morgan fingerprint density at radius 2 is 2.00 bits per heavy atom. The van der Waals surface area contributed by atoms with Gasteiger partial charge in [0.25, 0.3) is 0 Å². The molecule has 2 N–H and O–H groups in total. The Kier molecular flexibility index (Phi) is 3.58. The van der Waals surface area contributed by atoms with E-state index >= 15 is 0 Å². The van der Waals surface area contributed by atoms with Gasteiger partial charge in [0, 0.05) is 30.1 Å². The summed E-state index contributed by atoms with van der Waals surface area (Å²) in [5.74, 6) is 0. The normalized spacial score (nSPS) is 14.0. The molecule has 0 saturated carbocycles. The zero-order valence-electron chi connectivity index (χ0n) is 11.0. The Balaban J connectivity index is 2.71. The number of alkyl halides is 3. The van der Waals surface area contributed by atoms with Gasteiger partial charge in [-0.3, -0.25) is 0 Å². The van der Waals surface area contributed by atoms with Crippen LogP contribution in [0, 0.1) is 0 Å². The monoisotopic (exact) mass is 270 g/mol. The lowest BCUT2D eigenvalue weighted by atomic mass is 10.1. The molecule has 19 heavy (non-hydrogen) atoms. The summed E-state index contributed by atoms with van der Waals surface area (Å²) in [6.45, 7) is 4.19. The first-order valence-electron chi connectivity index (χ1n) is 6.28. The molecule has 2 rings (SSSR count). The molecule has 0 radical (unpaired) electrons. The first kappa shape index (κ1) is 13.9. The molecular formula is C14H17F3N2. The molecule has 0 aliphatic rings. The van der Waals surface area contributed by atoms with Gasteiger partial charge in [-0.1, -0.05) is 12.1 Å². The molecule has 5 heteroatoms. The number of nitrogens with two attached hydrogens (primary N) is 1. The lowest BCUT2D eigenvalue weighted by Gasteiger charge is -2.14. The van der Waals surface area contributed by atoms with E-state index in [2.05, 4.69) is 0 Å². The highest BCUT2D eigenvalue weighted by Crippen LogP contribution is 2.36. The van der Waals surface area contributed by atoms with Crippen molar-refractivity contribution in [3.8, 4) is 0 Å². The molecule has 0 spiro atoms. The molecule has 0 bridgehead atoms. The minimum Gasteiger partial charge on any atom is -0.344 e. The van der Waals surface area contributed by atoms with Gasteiger partial charge in [-0.2, -0.15) is 13.2 Å². The Bertz CT molecular complexity index is 582. The Hall–Kier alpha value is -1.49. The van der Waals surface area contributed by atoms with E-state index in [1.807, 2.05) is 13.8 Å².